The van der Waals surface area contributed by atoms with Crippen LogP contribution >= 0.6 is 12.4 Å². The summed E-state index contributed by atoms with van der Waals surface area (Å²) in [5, 5.41) is 10.7. The van der Waals surface area contributed by atoms with Gasteiger partial charge in [0, 0.05) is 20.0 Å². The van der Waals surface area contributed by atoms with E-state index in [-0.39, 0.29) is 18.2 Å². The average Bonchev–Trinajstić information content (AvgIpc) is 2.32. The molecule has 0 amide bonds. The van der Waals surface area contributed by atoms with Gasteiger partial charge in [-0.3, -0.25) is 4.79 Å². The van der Waals surface area contributed by atoms with Gasteiger partial charge >= 0.3 is 0 Å². The molecule has 0 saturated carbocycles. The van der Waals surface area contributed by atoms with Crippen molar-refractivity contribution < 1.29 is 4.79 Å². The molecule has 2 rings (SSSR count). The molecule has 2 heterocycles. The number of hydrogen-bond donors (Lipinski definition) is 1. The highest BCUT2D eigenvalue weighted by molar-refractivity contribution is 5.91. The van der Waals surface area contributed by atoms with Gasteiger partial charge in [-0.05, 0) is 0 Å². The molecule has 5 nitrogen and oxygen atoms in total. The Morgan fingerprint density at radius 1 is 1.69 bits per heavy atom. The van der Waals surface area contributed by atoms with Crippen LogP contribution < -0.4 is 5.32 Å². The van der Waals surface area contributed by atoms with Gasteiger partial charge in [-0.15, -0.1) is 17.5 Å². The van der Waals surface area contributed by atoms with E-state index in [1.165, 1.54) is 6.92 Å². The van der Waals surface area contributed by atoms with Gasteiger partial charge in [-0.2, -0.15) is 0 Å². The van der Waals surface area contributed by atoms with E-state index in [1.54, 1.807) is 10.9 Å². The first-order chi connectivity index (χ1) is 5.77. The minimum absolute atomic E-state index is 0. The maximum atomic E-state index is 10.9. The van der Waals surface area contributed by atoms with Gasteiger partial charge in [-0.25, -0.2) is 4.68 Å². The van der Waals surface area contributed by atoms with Gasteiger partial charge in [0.1, 0.15) is 5.69 Å². The summed E-state index contributed by atoms with van der Waals surface area (Å²) in [7, 11) is 0. The lowest BCUT2D eigenvalue weighted by molar-refractivity contribution is 0.101. The summed E-state index contributed by atoms with van der Waals surface area (Å²) in [4.78, 5) is 10.9. The summed E-state index contributed by atoms with van der Waals surface area (Å²) >= 11 is 0. The van der Waals surface area contributed by atoms with Gasteiger partial charge in [0.15, 0.2) is 5.78 Å². The molecule has 1 aromatic heterocycles. The molecule has 6 heteroatoms. The first-order valence-corrected chi connectivity index (χ1v) is 3.91. The van der Waals surface area contributed by atoms with Crippen LogP contribution in [0.25, 0.3) is 0 Å². The predicted molar refractivity (Wildman–Crippen MR) is 49.2 cm³/mol. The maximum absolute atomic E-state index is 10.9. The maximum Gasteiger partial charge on any atom is 0.181 e. The summed E-state index contributed by atoms with van der Waals surface area (Å²) in [6.07, 6.45) is 1.70. The van der Waals surface area contributed by atoms with Crippen LogP contribution in [0, 0.1) is 0 Å². The minimum Gasteiger partial charge on any atom is -0.312 e. The second-order valence-corrected chi connectivity index (χ2v) is 2.95. The number of nitrogens with zero attached hydrogens (tertiary/aromatic N) is 3. The van der Waals surface area contributed by atoms with Gasteiger partial charge in [0.05, 0.1) is 12.2 Å². The van der Waals surface area contributed by atoms with E-state index in [1.807, 2.05) is 0 Å². The van der Waals surface area contributed by atoms with E-state index in [0.29, 0.717) is 11.7 Å². The topological polar surface area (TPSA) is 59.8 Å². The predicted octanol–water partition coefficient (Wildman–Crippen LogP) is 0.0468. The van der Waals surface area contributed by atoms with Crippen LogP contribution in [-0.4, -0.2) is 33.9 Å². The summed E-state index contributed by atoms with van der Waals surface area (Å²) in [6, 6.07) is 0.380. The molecule has 0 aliphatic carbocycles. The van der Waals surface area contributed by atoms with Crippen LogP contribution in [0.1, 0.15) is 23.5 Å². The fourth-order valence-corrected chi connectivity index (χ4v) is 1.08. The van der Waals surface area contributed by atoms with E-state index >= 15 is 0 Å². The highest BCUT2D eigenvalue weighted by atomic mass is 35.5. The van der Waals surface area contributed by atoms with Crippen molar-refractivity contribution in [2.45, 2.75) is 13.0 Å². The second-order valence-electron chi connectivity index (χ2n) is 2.95. The van der Waals surface area contributed by atoms with Crippen LogP contribution in [0.3, 0.4) is 0 Å². The van der Waals surface area contributed by atoms with Crippen molar-refractivity contribution in [2.75, 3.05) is 13.1 Å². The average molecular weight is 203 g/mol. The smallest absolute Gasteiger partial charge is 0.181 e. The molecule has 1 saturated heterocycles. The Labute approximate surface area is 81.9 Å². The zero-order chi connectivity index (χ0) is 8.55. The molecule has 1 aliphatic heterocycles. The fraction of sp³-hybridized carbons (Fsp3) is 0.571. The first-order valence-electron chi connectivity index (χ1n) is 3.91. The molecular weight excluding hydrogens is 192 g/mol. The molecule has 0 unspecified atom stereocenters. The summed E-state index contributed by atoms with van der Waals surface area (Å²) in [5.41, 5.74) is 0.446. The number of rotatable bonds is 2. The summed E-state index contributed by atoms with van der Waals surface area (Å²) in [5.74, 6) is -0.0338. The molecule has 0 spiro atoms. The zero-order valence-corrected chi connectivity index (χ0v) is 8.04. The Morgan fingerprint density at radius 2 is 2.38 bits per heavy atom. The lowest BCUT2D eigenvalue weighted by Gasteiger charge is -2.26. The Balaban J connectivity index is 0.000000845. The molecule has 13 heavy (non-hydrogen) atoms. The number of hydrogen-bond acceptors (Lipinski definition) is 4. The molecule has 0 bridgehead atoms. The molecular formula is C7H11ClN4O. The highest BCUT2D eigenvalue weighted by Gasteiger charge is 2.20. The van der Waals surface area contributed by atoms with Crippen molar-refractivity contribution in [2.24, 2.45) is 0 Å². The van der Waals surface area contributed by atoms with E-state index in [4.69, 9.17) is 0 Å². The lowest BCUT2D eigenvalue weighted by Crippen LogP contribution is -2.43. The monoisotopic (exact) mass is 202 g/mol. The second kappa shape index (κ2) is 3.85. The Kier molecular flexibility index (Phi) is 3.00. The van der Waals surface area contributed by atoms with Gasteiger partial charge in [-0.1, -0.05) is 5.21 Å². The SMILES string of the molecule is CC(=O)c1cn(C2CNC2)nn1.Cl. The van der Waals surface area contributed by atoms with Crippen molar-refractivity contribution in [3.8, 4) is 0 Å². The van der Waals surface area contributed by atoms with Crippen LogP contribution in [0.2, 0.25) is 0 Å². The molecule has 1 aromatic rings. The van der Waals surface area contributed by atoms with E-state index in [9.17, 15) is 4.79 Å². The number of aromatic nitrogens is 3. The van der Waals surface area contributed by atoms with E-state index in [0.717, 1.165) is 13.1 Å². The number of carbonyl (C=O) groups is 1. The standard InChI is InChI=1S/C7H10N4O.ClH/c1-5(12)7-4-11(10-9-7)6-2-8-3-6;/h4,6,8H,2-3H2,1H3;1H. The molecule has 0 radical (unpaired) electrons. The summed E-state index contributed by atoms with van der Waals surface area (Å²) < 4.78 is 1.74. The van der Waals surface area contributed by atoms with Crippen LogP contribution in [0.4, 0.5) is 0 Å². The van der Waals surface area contributed by atoms with Crippen molar-refractivity contribution in [1.29, 1.82) is 0 Å². The third-order valence-corrected chi connectivity index (χ3v) is 2.01. The zero-order valence-electron chi connectivity index (χ0n) is 7.23. The van der Waals surface area contributed by atoms with Crippen LogP contribution in [0.15, 0.2) is 6.20 Å². The van der Waals surface area contributed by atoms with Crippen molar-refractivity contribution in [1.82, 2.24) is 20.3 Å². The largest absolute Gasteiger partial charge is 0.312 e. The van der Waals surface area contributed by atoms with Crippen molar-refractivity contribution >= 4 is 18.2 Å². The third kappa shape index (κ3) is 1.87. The molecule has 1 fully saturated rings. The Hall–Kier alpha value is -0.940. The van der Waals surface area contributed by atoms with E-state index < -0.39 is 0 Å². The number of ketones is 1. The minimum atomic E-state index is -0.0338. The third-order valence-electron chi connectivity index (χ3n) is 2.01. The number of Topliss-reactive ketones (excluding diaryl/α,β-unsaturated/α-hetero) is 1. The number of nitrogens with one attached hydrogen (secondary N) is 1. The number of carbonyl (C=O) groups excluding carboxylic acids is 1. The van der Waals surface area contributed by atoms with Gasteiger partial charge in [0.2, 0.25) is 0 Å². The van der Waals surface area contributed by atoms with Crippen LogP contribution in [-0.2, 0) is 0 Å². The first kappa shape index (κ1) is 10.1. The quantitative estimate of drug-likeness (QED) is 0.689. The molecule has 0 atom stereocenters. The highest BCUT2D eigenvalue weighted by Crippen LogP contribution is 2.09. The van der Waals surface area contributed by atoms with Crippen molar-refractivity contribution in [3.05, 3.63) is 11.9 Å². The summed E-state index contributed by atoms with van der Waals surface area (Å²) in [6.45, 7) is 3.33. The Morgan fingerprint density at radius 3 is 2.77 bits per heavy atom. The molecule has 1 N–H and O–H groups in total. The van der Waals surface area contributed by atoms with Gasteiger partial charge < -0.3 is 5.32 Å². The van der Waals surface area contributed by atoms with Crippen LogP contribution in [0.5, 0.6) is 0 Å². The normalized spacial score (nSPS) is 16.1. The Bertz CT molecular complexity index is 307. The molecule has 1 aliphatic rings. The molecule has 72 valence electrons. The van der Waals surface area contributed by atoms with E-state index in [2.05, 4.69) is 15.6 Å². The lowest BCUT2D eigenvalue weighted by atomic mass is 10.2. The number of halogens is 1. The fourth-order valence-electron chi connectivity index (χ4n) is 1.08. The molecule has 0 aromatic carbocycles. The van der Waals surface area contributed by atoms with Crippen molar-refractivity contribution in [3.63, 3.8) is 0 Å². The van der Waals surface area contributed by atoms with Gasteiger partial charge in [0.25, 0.3) is 0 Å².